The van der Waals surface area contributed by atoms with Crippen LogP contribution in [-0.2, 0) is 19.6 Å². The number of rotatable bonds is 7. The molecule has 0 spiro atoms. The van der Waals surface area contributed by atoms with E-state index in [4.69, 9.17) is 4.74 Å². The molecule has 0 saturated carbocycles. The van der Waals surface area contributed by atoms with Crippen LogP contribution < -0.4 is 15.4 Å². The van der Waals surface area contributed by atoms with Crippen LogP contribution in [0.1, 0.15) is 19.8 Å². The first-order chi connectivity index (χ1) is 14.2. The third-order valence-corrected chi connectivity index (χ3v) is 6.46. The highest BCUT2D eigenvalue weighted by Gasteiger charge is 2.24. The molecule has 2 aromatic rings. The fraction of sp³-hybridized carbons (Fsp3) is 0.300. The fourth-order valence-corrected chi connectivity index (χ4v) is 4.09. The lowest BCUT2D eigenvalue weighted by atomic mass is 10.2. The van der Waals surface area contributed by atoms with Crippen molar-refractivity contribution in [1.82, 2.24) is 4.31 Å². The summed E-state index contributed by atoms with van der Waals surface area (Å²) in [4.78, 5) is 23.9. The van der Waals surface area contributed by atoms with Crippen LogP contribution >= 0.6 is 0 Å². The second-order valence-electron chi connectivity index (χ2n) is 6.89. The van der Waals surface area contributed by atoms with Gasteiger partial charge in [0.15, 0.2) is 6.10 Å². The molecule has 2 aromatic carbocycles. The zero-order chi connectivity index (χ0) is 21.9. The zero-order valence-corrected chi connectivity index (χ0v) is 17.3. The minimum Gasteiger partial charge on any atom is -0.479 e. The summed E-state index contributed by atoms with van der Waals surface area (Å²) in [6.45, 7) is 1.76. The molecule has 10 heteroatoms. The maximum atomic E-state index is 13.0. The van der Waals surface area contributed by atoms with Crippen molar-refractivity contribution in [2.45, 2.75) is 30.8 Å². The summed E-state index contributed by atoms with van der Waals surface area (Å²) >= 11 is 0. The molecule has 3 rings (SSSR count). The van der Waals surface area contributed by atoms with Crippen molar-refractivity contribution in [2.75, 3.05) is 24.2 Å². The molecule has 160 valence electrons. The Morgan fingerprint density at radius 2 is 1.93 bits per heavy atom. The van der Waals surface area contributed by atoms with Gasteiger partial charge in [-0.3, -0.25) is 9.59 Å². The van der Waals surface area contributed by atoms with Crippen molar-refractivity contribution >= 4 is 33.2 Å². The minimum atomic E-state index is -3.75. The monoisotopic (exact) mass is 435 g/mol. The van der Waals surface area contributed by atoms with Crippen LogP contribution in [-0.4, -0.2) is 44.2 Å². The molecule has 8 nitrogen and oxygen atoms in total. The van der Waals surface area contributed by atoms with E-state index < -0.39 is 21.9 Å². The van der Waals surface area contributed by atoms with E-state index in [9.17, 15) is 22.4 Å². The van der Waals surface area contributed by atoms with Crippen molar-refractivity contribution in [2.24, 2.45) is 0 Å². The number of benzene rings is 2. The van der Waals surface area contributed by atoms with Gasteiger partial charge in [-0.15, -0.1) is 0 Å². The van der Waals surface area contributed by atoms with E-state index in [1.54, 1.807) is 25.1 Å². The molecule has 2 N–H and O–H groups in total. The third-order valence-electron chi connectivity index (χ3n) is 4.59. The molecule has 1 aliphatic heterocycles. The maximum Gasteiger partial charge on any atom is 0.265 e. The topological polar surface area (TPSA) is 105 Å². The molecular weight excluding hydrogens is 413 g/mol. The summed E-state index contributed by atoms with van der Waals surface area (Å²) in [5.41, 5.74) is 0.963. The normalized spacial score (nSPS) is 15.9. The number of sulfonamides is 1. The predicted molar refractivity (Wildman–Crippen MR) is 109 cm³/mol. The summed E-state index contributed by atoms with van der Waals surface area (Å²) in [7, 11) is -2.35. The van der Waals surface area contributed by atoms with Crippen molar-refractivity contribution in [1.29, 1.82) is 0 Å². The SMILES string of the molecule is C[C@H]1Oc2ccc(NC(=O)CCCN(C)S(=O)(=O)c3ccc(F)cc3)cc2NC1=O. The van der Waals surface area contributed by atoms with E-state index in [0.717, 1.165) is 16.4 Å². The van der Waals surface area contributed by atoms with Gasteiger partial charge in [0.1, 0.15) is 11.6 Å². The van der Waals surface area contributed by atoms with E-state index in [1.807, 2.05) is 0 Å². The minimum absolute atomic E-state index is 0.0107. The van der Waals surface area contributed by atoms with Gasteiger partial charge < -0.3 is 15.4 Å². The first-order valence-corrected chi connectivity index (χ1v) is 10.7. The van der Waals surface area contributed by atoms with Gasteiger partial charge in [0, 0.05) is 25.7 Å². The Balaban J connectivity index is 1.52. The maximum absolute atomic E-state index is 13.0. The van der Waals surface area contributed by atoms with Gasteiger partial charge >= 0.3 is 0 Å². The van der Waals surface area contributed by atoms with Crippen molar-refractivity contribution in [3.05, 3.63) is 48.3 Å². The Morgan fingerprint density at radius 3 is 2.63 bits per heavy atom. The van der Waals surface area contributed by atoms with Crippen LogP contribution in [0.3, 0.4) is 0 Å². The van der Waals surface area contributed by atoms with E-state index in [2.05, 4.69) is 10.6 Å². The summed E-state index contributed by atoms with van der Waals surface area (Å²) < 4.78 is 44.5. The second-order valence-corrected chi connectivity index (χ2v) is 8.94. The molecule has 0 fully saturated rings. The molecule has 0 unspecified atom stereocenters. The zero-order valence-electron chi connectivity index (χ0n) is 16.5. The van der Waals surface area contributed by atoms with Crippen LogP contribution in [0.5, 0.6) is 5.75 Å². The highest BCUT2D eigenvalue weighted by atomic mass is 32.2. The molecule has 0 radical (unpaired) electrons. The van der Waals surface area contributed by atoms with E-state index >= 15 is 0 Å². The number of hydrogen-bond donors (Lipinski definition) is 2. The second kappa shape index (κ2) is 8.80. The van der Waals surface area contributed by atoms with Gasteiger partial charge in [0.25, 0.3) is 5.91 Å². The number of nitrogens with zero attached hydrogens (tertiary/aromatic N) is 1. The molecule has 1 aliphatic rings. The Morgan fingerprint density at radius 1 is 1.23 bits per heavy atom. The molecule has 1 atom stereocenters. The number of carbonyl (C=O) groups is 2. The molecule has 0 bridgehead atoms. The highest BCUT2D eigenvalue weighted by Crippen LogP contribution is 2.32. The first-order valence-electron chi connectivity index (χ1n) is 9.30. The van der Waals surface area contributed by atoms with Crippen molar-refractivity contribution in [3.63, 3.8) is 0 Å². The molecular formula is C20H22FN3O5S. The number of amides is 2. The van der Waals surface area contributed by atoms with Crippen LogP contribution in [0.2, 0.25) is 0 Å². The number of hydrogen-bond acceptors (Lipinski definition) is 5. The van der Waals surface area contributed by atoms with Crippen LogP contribution in [0.25, 0.3) is 0 Å². The summed E-state index contributed by atoms with van der Waals surface area (Å²) in [5.74, 6) is -0.556. The van der Waals surface area contributed by atoms with Crippen LogP contribution in [0.4, 0.5) is 15.8 Å². The molecule has 0 aromatic heterocycles. The summed E-state index contributed by atoms with van der Waals surface area (Å²) in [6.07, 6.45) is -0.188. The number of carbonyl (C=O) groups excluding carboxylic acids is 2. The summed E-state index contributed by atoms with van der Waals surface area (Å²) in [5, 5.41) is 5.42. The van der Waals surface area contributed by atoms with Gasteiger partial charge in [-0.25, -0.2) is 17.1 Å². The molecule has 0 aliphatic carbocycles. The van der Waals surface area contributed by atoms with Gasteiger partial charge in [-0.2, -0.15) is 0 Å². The molecule has 2 amide bonds. The number of fused-ring (bicyclic) bond motifs is 1. The Bertz CT molecular complexity index is 1060. The first kappa shape index (κ1) is 21.7. The van der Waals surface area contributed by atoms with E-state index in [-0.39, 0.29) is 29.7 Å². The predicted octanol–water partition coefficient (Wildman–Crippen LogP) is 2.58. The average Bonchev–Trinajstić information content (AvgIpc) is 2.69. The quantitative estimate of drug-likeness (QED) is 0.696. The van der Waals surface area contributed by atoms with E-state index in [0.29, 0.717) is 23.5 Å². The Labute approximate surface area is 174 Å². The highest BCUT2D eigenvalue weighted by molar-refractivity contribution is 7.89. The van der Waals surface area contributed by atoms with Gasteiger partial charge in [0.05, 0.1) is 10.6 Å². The average molecular weight is 435 g/mol. The Hall–Kier alpha value is -2.98. The fourth-order valence-electron chi connectivity index (χ4n) is 2.88. The van der Waals surface area contributed by atoms with Crippen molar-refractivity contribution in [3.8, 4) is 5.75 Å². The van der Waals surface area contributed by atoms with Gasteiger partial charge in [-0.1, -0.05) is 0 Å². The van der Waals surface area contributed by atoms with Gasteiger partial charge in [0.2, 0.25) is 15.9 Å². The molecule has 0 saturated heterocycles. The Kier molecular flexibility index (Phi) is 6.37. The molecule has 30 heavy (non-hydrogen) atoms. The van der Waals surface area contributed by atoms with E-state index in [1.165, 1.54) is 19.2 Å². The van der Waals surface area contributed by atoms with Crippen molar-refractivity contribution < 1.29 is 27.1 Å². The van der Waals surface area contributed by atoms with Crippen LogP contribution in [0.15, 0.2) is 47.4 Å². The number of halogens is 1. The number of nitrogens with one attached hydrogen (secondary N) is 2. The summed E-state index contributed by atoms with van der Waals surface area (Å²) in [6, 6.07) is 9.49. The third kappa shape index (κ3) is 4.95. The lowest BCUT2D eigenvalue weighted by Gasteiger charge is -2.23. The number of anilines is 2. The lowest BCUT2D eigenvalue weighted by molar-refractivity contribution is -0.122. The van der Waals surface area contributed by atoms with Crippen LogP contribution in [0, 0.1) is 5.82 Å². The largest absolute Gasteiger partial charge is 0.479 e. The smallest absolute Gasteiger partial charge is 0.265 e. The lowest BCUT2D eigenvalue weighted by Crippen LogP contribution is -2.34. The molecule has 1 heterocycles. The van der Waals surface area contributed by atoms with Gasteiger partial charge in [-0.05, 0) is 55.8 Å². The standard InChI is InChI=1S/C20H22FN3O5S/c1-13-20(26)23-17-12-15(7-10-18(17)29-13)22-19(25)4-3-11-24(2)30(27,28)16-8-5-14(21)6-9-16/h5-10,12-13H,3-4,11H2,1-2H3,(H,22,25)(H,23,26)/t13-/m1/s1. The number of ether oxygens (including phenoxy) is 1.